The van der Waals surface area contributed by atoms with Crippen molar-refractivity contribution in [2.45, 2.75) is 37.4 Å². The molecule has 17 heavy (non-hydrogen) atoms. The number of halogens is 1. The molecule has 0 spiro atoms. The van der Waals surface area contributed by atoms with Crippen LogP contribution >= 0.6 is 15.9 Å². The second-order valence-electron chi connectivity index (χ2n) is 4.70. The zero-order chi connectivity index (χ0) is 12.3. The first kappa shape index (κ1) is 12.6. The van der Waals surface area contributed by atoms with Crippen LogP contribution in [0.3, 0.4) is 0 Å². The first-order valence-corrected chi connectivity index (χ1v) is 7.26. The van der Waals surface area contributed by atoms with E-state index in [-0.39, 0.29) is 0 Å². The Morgan fingerprint density at radius 1 is 1.06 bits per heavy atom. The fourth-order valence-corrected chi connectivity index (χ4v) is 2.99. The van der Waals surface area contributed by atoms with Crippen LogP contribution in [-0.4, -0.2) is 4.83 Å². The van der Waals surface area contributed by atoms with Crippen molar-refractivity contribution >= 4 is 26.7 Å². The van der Waals surface area contributed by atoms with Gasteiger partial charge in [0.1, 0.15) is 0 Å². The lowest BCUT2D eigenvalue weighted by Crippen LogP contribution is -2.08. The maximum atomic E-state index is 3.80. The maximum absolute atomic E-state index is 3.80. The SMILES string of the molecule is CCCC(Br)C(C)c1ccc2ccccc2c1. The predicted octanol–water partition coefficient (Wildman–Crippen LogP) is 5.51. The molecule has 0 N–H and O–H groups in total. The summed E-state index contributed by atoms with van der Waals surface area (Å²) in [7, 11) is 0. The molecule has 0 aliphatic rings. The Hall–Kier alpha value is -0.820. The van der Waals surface area contributed by atoms with Gasteiger partial charge in [0, 0.05) is 4.83 Å². The van der Waals surface area contributed by atoms with Gasteiger partial charge in [-0.1, -0.05) is 78.7 Å². The molecule has 2 aromatic carbocycles. The quantitative estimate of drug-likeness (QED) is 0.652. The van der Waals surface area contributed by atoms with E-state index in [1.165, 1.54) is 29.2 Å². The second kappa shape index (κ2) is 5.68. The number of benzene rings is 2. The molecule has 2 rings (SSSR count). The molecule has 2 aromatic rings. The smallest absolute Gasteiger partial charge is 0.0211 e. The third-order valence-electron chi connectivity index (χ3n) is 3.41. The molecular weight excluding hydrogens is 272 g/mol. The Bertz CT molecular complexity index is 490. The van der Waals surface area contributed by atoms with Gasteiger partial charge in [0.25, 0.3) is 0 Å². The van der Waals surface area contributed by atoms with Crippen molar-refractivity contribution in [1.29, 1.82) is 0 Å². The lowest BCUT2D eigenvalue weighted by molar-refractivity contribution is 0.652. The fraction of sp³-hybridized carbons (Fsp3) is 0.375. The molecule has 0 fully saturated rings. The summed E-state index contributed by atoms with van der Waals surface area (Å²) in [5.74, 6) is 0.569. The van der Waals surface area contributed by atoms with E-state index in [9.17, 15) is 0 Å². The summed E-state index contributed by atoms with van der Waals surface area (Å²) in [4.78, 5) is 0.577. The van der Waals surface area contributed by atoms with Crippen molar-refractivity contribution in [2.75, 3.05) is 0 Å². The number of alkyl halides is 1. The van der Waals surface area contributed by atoms with Gasteiger partial charge >= 0.3 is 0 Å². The monoisotopic (exact) mass is 290 g/mol. The fourth-order valence-electron chi connectivity index (χ4n) is 2.23. The third kappa shape index (κ3) is 2.90. The van der Waals surface area contributed by atoms with Crippen LogP contribution in [0, 0.1) is 0 Å². The molecule has 0 aliphatic heterocycles. The van der Waals surface area contributed by atoms with Crippen LogP contribution in [0.1, 0.15) is 38.2 Å². The summed E-state index contributed by atoms with van der Waals surface area (Å²) in [6.45, 7) is 4.54. The van der Waals surface area contributed by atoms with Crippen LogP contribution in [0.2, 0.25) is 0 Å². The van der Waals surface area contributed by atoms with Crippen LogP contribution in [0.15, 0.2) is 42.5 Å². The van der Waals surface area contributed by atoms with E-state index < -0.39 is 0 Å². The van der Waals surface area contributed by atoms with Crippen LogP contribution < -0.4 is 0 Å². The Balaban J connectivity index is 2.29. The normalized spacial score (nSPS) is 14.8. The van der Waals surface area contributed by atoms with E-state index in [1.54, 1.807) is 0 Å². The first-order chi connectivity index (χ1) is 8.22. The van der Waals surface area contributed by atoms with Gasteiger partial charge in [0.05, 0.1) is 0 Å². The average Bonchev–Trinajstić information content (AvgIpc) is 2.37. The van der Waals surface area contributed by atoms with Crippen LogP contribution in [0.25, 0.3) is 10.8 Å². The molecule has 0 bridgehead atoms. The van der Waals surface area contributed by atoms with Crippen molar-refractivity contribution in [3.8, 4) is 0 Å². The highest BCUT2D eigenvalue weighted by Gasteiger charge is 2.15. The maximum Gasteiger partial charge on any atom is 0.0211 e. The Morgan fingerprint density at radius 3 is 2.47 bits per heavy atom. The molecule has 1 heteroatoms. The summed E-state index contributed by atoms with van der Waals surface area (Å²) < 4.78 is 0. The molecule has 0 saturated carbocycles. The van der Waals surface area contributed by atoms with E-state index in [0.717, 1.165) is 0 Å². The van der Waals surface area contributed by atoms with E-state index in [1.807, 2.05) is 0 Å². The molecule has 0 aliphatic carbocycles. The van der Waals surface area contributed by atoms with Crippen molar-refractivity contribution < 1.29 is 0 Å². The number of hydrogen-bond donors (Lipinski definition) is 0. The Morgan fingerprint density at radius 2 is 1.76 bits per heavy atom. The predicted molar refractivity (Wildman–Crippen MR) is 80.0 cm³/mol. The standard InChI is InChI=1S/C16H19Br/c1-3-6-16(17)12(2)14-10-9-13-7-4-5-8-15(13)11-14/h4-5,7-12,16H,3,6H2,1-2H3. The van der Waals surface area contributed by atoms with Gasteiger partial charge in [-0.15, -0.1) is 0 Å². The highest BCUT2D eigenvalue weighted by Crippen LogP contribution is 2.29. The second-order valence-corrected chi connectivity index (χ2v) is 5.88. The molecule has 90 valence electrons. The first-order valence-electron chi connectivity index (χ1n) is 6.35. The Labute approximate surface area is 112 Å². The van der Waals surface area contributed by atoms with Gasteiger partial charge in [-0.25, -0.2) is 0 Å². The minimum Gasteiger partial charge on any atom is -0.0884 e. The lowest BCUT2D eigenvalue weighted by atomic mass is 9.93. The highest BCUT2D eigenvalue weighted by molar-refractivity contribution is 9.09. The summed E-state index contributed by atoms with van der Waals surface area (Å²) in [5, 5.41) is 2.66. The minimum atomic E-state index is 0.569. The molecule has 0 nitrogen and oxygen atoms in total. The van der Waals surface area contributed by atoms with E-state index in [2.05, 4.69) is 72.2 Å². The van der Waals surface area contributed by atoms with Gasteiger partial charge in [-0.05, 0) is 28.7 Å². The van der Waals surface area contributed by atoms with Crippen molar-refractivity contribution in [1.82, 2.24) is 0 Å². The zero-order valence-electron chi connectivity index (χ0n) is 10.5. The van der Waals surface area contributed by atoms with Gasteiger partial charge in [0.2, 0.25) is 0 Å². The number of fused-ring (bicyclic) bond motifs is 1. The lowest BCUT2D eigenvalue weighted by Gasteiger charge is -2.18. The van der Waals surface area contributed by atoms with Crippen molar-refractivity contribution in [2.24, 2.45) is 0 Å². The van der Waals surface area contributed by atoms with Crippen molar-refractivity contribution in [3.63, 3.8) is 0 Å². The number of hydrogen-bond acceptors (Lipinski definition) is 0. The minimum absolute atomic E-state index is 0.569. The largest absolute Gasteiger partial charge is 0.0884 e. The third-order valence-corrected chi connectivity index (χ3v) is 4.66. The molecule has 2 atom stereocenters. The van der Waals surface area contributed by atoms with Gasteiger partial charge in [0.15, 0.2) is 0 Å². The van der Waals surface area contributed by atoms with Gasteiger partial charge < -0.3 is 0 Å². The van der Waals surface area contributed by atoms with E-state index in [4.69, 9.17) is 0 Å². The van der Waals surface area contributed by atoms with Gasteiger partial charge in [-0.2, -0.15) is 0 Å². The van der Waals surface area contributed by atoms with Crippen molar-refractivity contribution in [3.05, 3.63) is 48.0 Å². The molecule has 2 unspecified atom stereocenters. The Kier molecular flexibility index (Phi) is 4.22. The molecule has 0 saturated heterocycles. The molecule has 0 aromatic heterocycles. The summed E-state index contributed by atoms with van der Waals surface area (Å²) in [6.07, 6.45) is 2.46. The van der Waals surface area contributed by atoms with Crippen LogP contribution in [-0.2, 0) is 0 Å². The van der Waals surface area contributed by atoms with Crippen LogP contribution in [0.5, 0.6) is 0 Å². The van der Waals surface area contributed by atoms with Gasteiger partial charge in [-0.3, -0.25) is 0 Å². The molecule has 0 amide bonds. The summed E-state index contributed by atoms with van der Waals surface area (Å²) in [5.41, 5.74) is 1.43. The summed E-state index contributed by atoms with van der Waals surface area (Å²) in [6, 6.07) is 15.4. The molecule has 0 radical (unpaired) electrons. The molecule has 0 heterocycles. The van der Waals surface area contributed by atoms with Crippen LogP contribution in [0.4, 0.5) is 0 Å². The number of rotatable bonds is 4. The highest BCUT2D eigenvalue weighted by atomic mass is 79.9. The zero-order valence-corrected chi connectivity index (χ0v) is 12.1. The summed E-state index contributed by atoms with van der Waals surface area (Å²) >= 11 is 3.80. The average molecular weight is 291 g/mol. The van der Waals surface area contributed by atoms with E-state index in [0.29, 0.717) is 10.7 Å². The van der Waals surface area contributed by atoms with E-state index >= 15 is 0 Å². The topological polar surface area (TPSA) is 0 Å². The molecular formula is C16H19Br.